The number of furan rings is 3. The van der Waals surface area contributed by atoms with E-state index in [2.05, 4.69) is 36.2 Å². The molecule has 3 spiro atoms. The number of hydrogen-bond acceptors (Lipinski definition) is 16. The van der Waals surface area contributed by atoms with E-state index in [1.165, 1.54) is 10.6 Å². The van der Waals surface area contributed by atoms with E-state index < -0.39 is 22.1 Å². The van der Waals surface area contributed by atoms with Crippen molar-refractivity contribution in [1.29, 1.82) is 0 Å². The van der Waals surface area contributed by atoms with Crippen molar-refractivity contribution in [3.8, 4) is 0 Å². The van der Waals surface area contributed by atoms with E-state index in [-0.39, 0.29) is 75.3 Å². The van der Waals surface area contributed by atoms with Gasteiger partial charge in [-0.1, -0.05) is 18.2 Å². The van der Waals surface area contributed by atoms with Crippen molar-refractivity contribution in [2.45, 2.75) is 102 Å². The Morgan fingerprint density at radius 3 is 1.42 bits per heavy atom. The third-order valence-corrected chi connectivity index (χ3v) is 24.1. The molecule has 0 bridgehead atoms. The molecule has 9 aliphatic rings. The molecular weight excluding hydrogens is 1270 g/mol. The summed E-state index contributed by atoms with van der Waals surface area (Å²) in [6.45, 7) is 7.68. The van der Waals surface area contributed by atoms with Crippen molar-refractivity contribution in [3.63, 3.8) is 0 Å². The zero-order chi connectivity index (χ0) is 68.1. The van der Waals surface area contributed by atoms with Crippen LogP contribution in [0.1, 0.15) is 144 Å². The maximum Gasteiger partial charge on any atom is 0.314 e. The zero-order valence-electron chi connectivity index (χ0n) is 55.0. The number of fused-ring (bicyclic) bond motifs is 4. The number of pyridine rings is 3. The van der Waals surface area contributed by atoms with E-state index in [4.69, 9.17) is 19.0 Å². The highest BCUT2D eigenvalue weighted by molar-refractivity contribution is 7.88. The van der Waals surface area contributed by atoms with Crippen LogP contribution in [0.15, 0.2) is 111 Å². The number of nitrogens with zero attached hydrogens (tertiary/aromatic N) is 8. The highest BCUT2D eigenvalue weighted by Gasteiger charge is 2.57. The van der Waals surface area contributed by atoms with Gasteiger partial charge in [-0.2, -0.15) is 4.31 Å². The topological polar surface area (TPSA) is 339 Å². The molecule has 16 rings (SSSR count). The lowest BCUT2D eigenvalue weighted by Crippen LogP contribution is -2.50. The molecule has 6 N–H and O–H groups in total. The maximum absolute atomic E-state index is 13.0. The van der Waals surface area contributed by atoms with Gasteiger partial charge < -0.3 is 59.9 Å². The van der Waals surface area contributed by atoms with Gasteiger partial charge in [0.15, 0.2) is 34.0 Å². The van der Waals surface area contributed by atoms with Crippen LogP contribution in [-0.4, -0.2) is 185 Å². The minimum absolute atomic E-state index is 0.00653. The molecule has 1 aromatic carbocycles. The molecule has 98 heavy (non-hydrogen) atoms. The number of nitrogens with two attached hydrogens (primary N) is 1. The zero-order valence-corrected chi connectivity index (χ0v) is 55.8. The molecule has 3 saturated carbocycles. The van der Waals surface area contributed by atoms with Gasteiger partial charge in [-0.15, -0.1) is 0 Å². The number of amides is 9. The van der Waals surface area contributed by atoms with Crippen LogP contribution < -0.4 is 27.0 Å². The number of benzene rings is 1. The first-order valence-electron chi connectivity index (χ1n) is 34.4. The quantitative estimate of drug-likeness (QED) is 0.0761. The van der Waals surface area contributed by atoms with Crippen molar-refractivity contribution >= 4 is 90.3 Å². The standard InChI is InChI=1S/C26H26N4O4.C23H29N5O4.C22H28N4O5S/c31-23(12-20-18-3-1-2-4-19(18)24(32)29-20)30-9-6-26(7-10-30)13-17(26)14-28-25(33)21-11-16-5-8-27-15-22(16)34-21;24-22(31)28-7-2-15(3-8-28)21(30)27-9-4-23(5-10-27)12-17(23)13-26-20(29)18-11-16-1-6-25-14-19(16)32-18;1-32(29,30)26-8-2-3-17(26)21(28)25-9-5-22(6-10-25)12-16(22)13-24-20(27)18-11-15-4-7-23-14-19(15)31-18/h1-5,8,11,15,17,20H,6-7,9-10,12-14H2,(H,28,33)(H,29,32);1,6,11,14-15,17H,2-5,7-10,12-13H2,(H2,24,31)(H,26,29);4,7,11,14,16-17H,2-3,5-6,8-10,12-13H2,1H3,(H,24,27). The molecule has 7 aromatic rings. The molecule has 5 saturated heterocycles. The van der Waals surface area contributed by atoms with Crippen LogP contribution in [-0.2, 0) is 24.4 Å². The van der Waals surface area contributed by atoms with Crippen LogP contribution in [0.4, 0.5) is 4.79 Å². The summed E-state index contributed by atoms with van der Waals surface area (Å²) in [5, 5.41) is 14.5. The van der Waals surface area contributed by atoms with Crippen LogP contribution in [0.3, 0.4) is 0 Å². The van der Waals surface area contributed by atoms with E-state index in [0.717, 1.165) is 112 Å². The molecule has 8 fully saturated rings. The van der Waals surface area contributed by atoms with Crippen LogP contribution in [0, 0.1) is 39.9 Å². The fourth-order valence-electron chi connectivity index (χ4n) is 16.4. The molecule has 6 aliphatic heterocycles. The smallest absolute Gasteiger partial charge is 0.314 e. The summed E-state index contributed by atoms with van der Waals surface area (Å²) >= 11 is 0. The number of piperidine rings is 4. The minimum atomic E-state index is -3.37. The Bertz CT molecular complexity index is 4250. The Labute approximate surface area is 566 Å². The number of nitrogens with one attached hydrogen (secondary N) is 4. The summed E-state index contributed by atoms with van der Waals surface area (Å²) < 4.78 is 42.1. The van der Waals surface area contributed by atoms with Gasteiger partial charge in [0.05, 0.1) is 37.3 Å². The summed E-state index contributed by atoms with van der Waals surface area (Å²) in [4.78, 5) is 119. The number of primary amides is 1. The third-order valence-electron chi connectivity index (χ3n) is 22.8. The fraction of sp³-hybridized carbons (Fsp3) is 0.507. The lowest BCUT2D eigenvalue weighted by atomic mass is 9.88. The second-order valence-electron chi connectivity index (χ2n) is 28.5. The molecule has 5 unspecified atom stereocenters. The molecule has 26 nitrogen and oxygen atoms in total. The Kier molecular flexibility index (Phi) is 18.1. The molecule has 12 heterocycles. The molecule has 516 valence electrons. The van der Waals surface area contributed by atoms with Gasteiger partial charge in [0.2, 0.25) is 27.7 Å². The summed E-state index contributed by atoms with van der Waals surface area (Å²) in [5.74, 6) is 1.69. The number of urea groups is 1. The van der Waals surface area contributed by atoms with E-state index in [1.807, 2.05) is 45.0 Å². The summed E-state index contributed by atoms with van der Waals surface area (Å²) in [6, 6.07) is 16.9. The monoisotopic (exact) mass is 1360 g/mol. The number of likely N-dealkylation sites (tertiary alicyclic amines) is 4. The maximum atomic E-state index is 13.0. The highest BCUT2D eigenvalue weighted by Crippen LogP contribution is 2.61. The van der Waals surface area contributed by atoms with Crippen molar-refractivity contribution < 1.29 is 60.0 Å². The highest BCUT2D eigenvalue weighted by atomic mass is 32.2. The second kappa shape index (κ2) is 26.9. The fourth-order valence-corrected chi connectivity index (χ4v) is 17.5. The number of sulfonamides is 1. The van der Waals surface area contributed by atoms with Crippen molar-refractivity contribution in [1.82, 2.24) is 60.1 Å². The minimum Gasteiger partial charge on any atom is -0.449 e. The van der Waals surface area contributed by atoms with Crippen LogP contribution >= 0.6 is 0 Å². The Balaban J connectivity index is 0.000000126. The lowest BCUT2D eigenvalue weighted by Gasteiger charge is -2.37. The first-order chi connectivity index (χ1) is 47.2. The number of carbonyl (C=O) groups excluding carboxylic acids is 8. The number of rotatable bonds is 14. The van der Waals surface area contributed by atoms with E-state index in [0.29, 0.717) is 130 Å². The molecule has 6 aromatic heterocycles. The van der Waals surface area contributed by atoms with Crippen molar-refractivity contribution in [2.24, 2.45) is 45.7 Å². The first kappa shape index (κ1) is 66.0. The van der Waals surface area contributed by atoms with Gasteiger partial charge in [-0.3, -0.25) is 48.5 Å². The van der Waals surface area contributed by atoms with Gasteiger partial charge in [0.25, 0.3) is 23.6 Å². The van der Waals surface area contributed by atoms with Crippen LogP contribution in [0.5, 0.6) is 0 Å². The summed E-state index contributed by atoms with van der Waals surface area (Å²) in [5.41, 5.74) is 9.36. The van der Waals surface area contributed by atoms with E-state index >= 15 is 0 Å². The van der Waals surface area contributed by atoms with E-state index in [9.17, 15) is 46.8 Å². The second-order valence-corrected chi connectivity index (χ2v) is 30.4. The van der Waals surface area contributed by atoms with Gasteiger partial charge in [0, 0.05) is 125 Å². The lowest BCUT2D eigenvalue weighted by molar-refractivity contribution is -0.138. The van der Waals surface area contributed by atoms with Gasteiger partial charge >= 0.3 is 6.03 Å². The molecular formula is C71H83N13O13S. The first-order valence-corrected chi connectivity index (χ1v) is 36.2. The normalized spacial score (nSPS) is 23.5. The summed E-state index contributed by atoms with van der Waals surface area (Å²) in [6.07, 6.45) is 22.8. The van der Waals surface area contributed by atoms with Gasteiger partial charge in [0.1, 0.15) is 6.04 Å². The predicted molar refractivity (Wildman–Crippen MR) is 358 cm³/mol. The third kappa shape index (κ3) is 13.8. The van der Waals surface area contributed by atoms with Crippen LogP contribution in [0.2, 0.25) is 0 Å². The van der Waals surface area contributed by atoms with Crippen molar-refractivity contribution in [3.05, 3.63) is 126 Å². The van der Waals surface area contributed by atoms with Gasteiger partial charge in [-0.25, -0.2) is 13.2 Å². The molecule has 27 heteroatoms. The van der Waals surface area contributed by atoms with Gasteiger partial charge in [-0.05, 0) is 165 Å². The average Bonchev–Trinajstić information content (AvgIpc) is 1.60. The largest absolute Gasteiger partial charge is 0.449 e. The van der Waals surface area contributed by atoms with Crippen molar-refractivity contribution in [2.75, 3.05) is 84.8 Å². The predicted octanol–water partition coefficient (Wildman–Crippen LogP) is 6.65. The number of aromatic nitrogens is 3. The molecule has 9 amide bonds. The molecule has 3 aliphatic carbocycles. The molecule has 5 atom stereocenters. The molecule has 0 radical (unpaired) electrons. The summed E-state index contributed by atoms with van der Waals surface area (Å²) in [7, 11) is -3.37. The van der Waals surface area contributed by atoms with E-state index in [1.54, 1.807) is 72.4 Å². The van der Waals surface area contributed by atoms with Crippen LogP contribution in [0.25, 0.3) is 32.9 Å². The number of carbonyl (C=O) groups is 8. The average molecular weight is 1360 g/mol. The Morgan fingerprint density at radius 1 is 0.561 bits per heavy atom. The Hall–Kier alpha value is -9.24. The Morgan fingerprint density at radius 2 is 0.990 bits per heavy atom. The SMILES string of the molecule is CS(=O)(=O)N1CCCC1C(=O)N1CCC2(CC1)CC2CNC(=O)c1cc2ccncc2o1.NC(=O)N1CCC(C(=O)N2CCC3(CC2)CC3CNC(=O)c2cc3ccncc3o2)CC1.O=C(NCC1CC12CCN(C(=O)CC1NC(=O)c3ccccc31)CC2)c1cc2ccncc2o1. The number of hydrogen-bond donors (Lipinski definition) is 5.